The van der Waals surface area contributed by atoms with E-state index in [1.165, 1.54) is 6.07 Å². The van der Waals surface area contributed by atoms with Gasteiger partial charge in [-0.05, 0) is 55.1 Å². The van der Waals surface area contributed by atoms with Crippen LogP contribution in [-0.2, 0) is 9.59 Å². The molecule has 0 bridgehead atoms. The van der Waals surface area contributed by atoms with Crippen molar-refractivity contribution in [1.29, 1.82) is 0 Å². The number of halogens is 1. The van der Waals surface area contributed by atoms with Crippen LogP contribution in [0.2, 0.25) is 0 Å². The fourth-order valence-corrected chi connectivity index (χ4v) is 3.24. The summed E-state index contributed by atoms with van der Waals surface area (Å²) in [6.45, 7) is 1.89. The third-order valence-electron chi connectivity index (χ3n) is 4.90. The van der Waals surface area contributed by atoms with Crippen LogP contribution in [0.15, 0.2) is 60.7 Å². The van der Waals surface area contributed by atoms with Crippen LogP contribution in [0.1, 0.15) is 17.2 Å². The average molecular weight is 393 g/mol. The van der Waals surface area contributed by atoms with Gasteiger partial charge in [0, 0.05) is 12.2 Å². The Hall–Kier alpha value is -3.25. The molecule has 0 aliphatic carbocycles. The van der Waals surface area contributed by atoms with Gasteiger partial charge in [0.15, 0.2) is 0 Å². The van der Waals surface area contributed by atoms with Gasteiger partial charge >= 0.3 is 11.8 Å². The molecule has 5 nitrogen and oxygen atoms in total. The standard InChI is InChI=1S/C23H24FN3O2/c1-15-11-12-17(13-20(15)24)26-23(29)22(28)25-14-21(27(2)3)19-10-6-8-16-7-4-5-9-18(16)19/h4-13,21H,14H2,1-3H3,(H,25,28)(H,26,29)/t21-/m0/s1. The lowest BCUT2D eigenvalue weighted by atomic mass is 9.98. The van der Waals surface area contributed by atoms with Gasteiger partial charge in [-0.2, -0.15) is 0 Å². The number of likely N-dealkylation sites (N-methyl/N-ethyl adjacent to an activating group) is 1. The zero-order chi connectivity index (χ0) is 21.0. The number of hydrogen-bond donors (Lipinski definition) is 2. The molecular weight excluding hydrogens is 369 g/mol. The first-order chi connectivity index (χ1) is 13.9. The molecule has 6 heteroatoms. The van der Waals surface area contributed by atoms with Gasteiger partial charge < -0.3 is 15.5 Å². The summed E-state index contributed by atoms with van der Waals surface area (Å²) in [5.41, 5.74) is 1.78. The number of carbonyl (C=O) groups is 2. The molecule has 0 saturated heterocycles. The van der Waals surface area contributed by atoms with Crippen LogP contribution >= 0.6 is 0 Å². The summed E-state index contributed by atoms with van der Waals surface area (Å²) in [6, 6.07) is 18.3. The van der Waals surface area contributed by atoms with Gasteiger partial charge in [-0.1, -0.05) is 48.5 Å². The number of nitrogens with zero attached hydrogens (tertiary/aromatic N) is 1. The highest BCUT2D eigenvalue weighted by atomic mass is 19.1. The second-order valence-corrected chi connectivity index (χ2v) is 7.18. The molecule has 3 aromatic carbocycles. The van der Waals surface area contributed by atoms with E-state index in [0.29, 0.717) is 5.56 Å². The highest BCUT2D eigenvalue weighted by Gasteiger charge is 2.20. The van der Waals surface area contributed by atoms with Crippen molar-refractivity contribution in [1.82, 2.24) is 10.2 Å². The number of rotatable bonds is 5. The number of benzene rings is 3. The summed E-state index contributed by atoms with van der Waals surface area (Å²) in [4.78, 5) is 26.5. The van der Waals surface area contributed by atoms with Crippen molar-refractivity contribution >= 4 is 28.3 Å². The molecule has 29 heavy (non-hydrogen) atoms. The minimum Gasteiger partial charge on any atom is -0.346 e. The number of aryl methyl sites for hydroxylation is 1. The van der Waals surface area contributed by atoms with Crippen molar-refractivity contribution in [3.63, 3.8) is 0 Å². The first kappa shape index (κ1) is 20.5. The SMILES string of the molecule is Cc1ccc(NC(=O)C(=O)NC[C@@H](c2cccc3ccccc23)N(C)C)cc1F. The topological polar surface area (TPSA) is 61.4 Å². The molecule has 0 radical (unpaired) electrons. The van der Waals surface area contributed by atoms with Crippen molar-refractivity contribution in [3.05, 3.63) is 77.6 Å². The lowest BCUT2D eigenvalue weighted by molar-refractivity contribution is -0.136. The second kappa shape index (κ2) is 8.84. The van der Waals surface area contributed by atoms with E-state index in [9.17, 15) is 14.0 Å². The van der Waals surface area contributed by atoms with E-state index in [-0.39, 0.29) is 18.3 Å². The van der Waals surface area contributed by atoms with E-state index in [4.69, 9.17) is 0 Å². The second-order valence-electron chi connectivity index (χ2n) is 7.18. The van der Waals surface area contributed by atoms with Crippen LogP contribution in [0, 0.1) is 12.7 Å². The van der Waals surface area contributed by atoms with Crippen LogP contribution in [0.4, 0.5) is 10.1 Å². The van der Waals surface area contributed by atoms with Gasteiger partial charge in [0.1, 0.15) is 5.82 Å². The number of carbonyl (C=O) groups excluding carboxylic acids is 2. The third-order valence-corrected chi connectivity index (χ3v) is 4.90. The largest absolute Gasteiger partial charge is 0.346 e. The summed E-state index contributed by atoms with van der Waals surface area (Å²) in [5, 5.41) is 7.33. The molecule has 1 atom stereocenters. The summed E-state index contributed by atoms with van der Waals surface area (Å²) < 4.78 is 13.6. The fourth-order valence-electron chi connectivity index (χ4n) is 3.24. The van der Waals surface area contributed by atoms with Crippen molar-refractivity contribution < 1.29 is 14.0 Å². The molecule has 0 heterocycles. The average Bonchev–Trinajstić information content (AvgIpc) is 2.70. The molecular formula is C23H24FN3O2. The van der Waals surface area contributed by atoms with Gasteiger partial charge in [0.2, 0.25) is 0 Å². The van der Waals surface area contributed by atoms with E-state index >= 15 is 0 Å². The smallest absolute Gasteiger partial charge is 0.313 e. The predicted octanol–water partition coefficient (Wildman–Crippen LogP) is 3.64. The molecule has 0 spiro atoms. The highest BCUT2D eigenvalue weighted by Crippen LogP contribution is 2.26. The third kappa shape index (κ3) is 4.78. The number of hydrogen-bond acceptors (Lipinski definition) is 3. The Labute approximate surface area is 169 Å². The number of fused-ring (bicyclic) bond motifs is 1. The molecule has 150 valence electrons. The molecule has 0 saturated carbocycles. The Morgan fingerprint density at radius 1 is 1.00 bits per heavy atom. The van der Waals surface area contributed by atoms with Gasteiger partial charge in [-0.25, -0.2) is 4.39 Å². The monoisotopic (exact) mass is 393 g/mol. The molecule has 2 N–H and O–H groups in total. The Bertz CT molecular complexity index is 1040. The Kier molecular flexibility index (Phi) is 6.24. The minimum absolute atomic E-state index is 0.116. The molecule has 0 aromatic heterocycles. The van der Waals surface area contributed by atoms with E-state index in [1.54, 1.807) is 19.1 Å². The van der Waals surface area contributed by atoms with Crippen LogP contribution in [-0.4, -0.2) is 37.4 Å². The number of amides is 2. The maximum absolute atomic E-state index is 13.6. The van der Waals surface area contributed by atoms with E-state index in [1.807, 2.05) is 61.5 Å². The Morgan fingerprint density at radius 2 is 1.72 bits per heavy atom. The van der Waals surface area contributed by atoms with Gasteiger partial charge in [0.25, 0.3) is 0 Å². The van der Waals surface area contributed by atoms with Crippen molar-refractivity contribution in [2.75, 3.05) is 26.0 Å². The van der Waals surface area contributed by atoms with Crippen molar-refractivity contribution in [3.8, 4) is 0 Å². The van der Waals surface area contributed by atoms with Gasteiger partial charge in [0.05, 0.1) is 6.04 Å². The van der Waals surface area contributed by atoms with Gasteiger partial charge in [-0.15, -0.1) is 0 Å². The lowest BCUT2D eigenvalue weighted by Crippen LogP contribution is -2.40. The normalized spacial score (nSPS) is 12.0. The Morgan fingerprint density at radius 3 is 2.45 bits per heavy atom. The molecule has 3 rings (SSSR count). The van der Waals surface area contributed by atoms with E-state index in [0.717, 1.165) is 16.3 Å². The van der Waals surface area contributed by atoms with Crippen LogP contribution in [0.5, 0.6) is 0 Å². The van der Waals surface area contributed by atoms with Crippen LogP contribution < -0.4 is 10.6 Å². The molecule has 0 fully saturated rings. The maximum atomic E-state index is 13.6. The van der Waals surface area contributed by atoms with Crippen molar-refractivity contribution in [2.24, 2.45) is 0 Å². The first-order valence-electron chi connectivity index (χ1n) is 9.36. The quantitative estimate of drug-likeness (QED) is 0.651. The molecule has 3 aromatic rings. The molecule has 0 aliphatic rings. The zero-order valence-corrected chi connectivity index (χ0v) is 16.7. The predicted molar refractivity (Wildman–Crippen MR) is 113 cm³/mol. The van der Waals surface area contributed by atoms with E-state index in [2.05, 4.69) is 10.6 Å². The first-order valence-corrected chi connectivity index (χ1v) is 9.36. The van der Waals surface area contributed by atoms with E-state index < -0.39 is 17.6 Å². The number of anilines is 1. The summed E-state index contributed by atoms with van der Waals surface area (Å²) in [7, 11) is 3.85. The fraction of sp³-hybridized carbons (Fsp3) is 0.217. The summed E-state index contributed by atoms with van der Waals surface area (Å²) in [6.07, 6.45) is 0. The number of nitrogens with one attached hydrogen (secondary N) is 2. The Balaban J connectivity index is 1.70. The maximum Gasteiger partial charge on any atom is 0.313 e. The summed E-state index contributed by atoms with van der Waals surface area (Å²) >= 11 is 0. The van der Waals surface area contributed by atoms with Crippen molar-refractivity contribution in [2.45, 2.75) is 13.0 Å². The molecule has 0 aliphatic heterocycles. The lowest BCUT2D eigenvalue weighted by Gasteiger charge is -2.26. The van der Waals surface area contributed by atoms with Crippen LogP contribution in [0.25, 0.3) is 10.8 Å². The van der Waals surface area contributed by atoms with Crippen LogP contribution in [0.3, 0.4) is 0 Å². The highest BCUT2D eigenvalue weighted by molar-refractivity contribution is 6.39. The molecule has 0 unspecified atom stereocenters. The summed E-state index contributed by atoms with van der Waals surface area (Å²) in [5.74, 6) is -2.03. The van der Waals surface area contributed by atoms with Gasteiger partial charge in [-0.3, -0.25) is 9.59 Å². The zero-order valence-electron chi connectivity index (χ0n) is 16.7. The minimum atomic E-state index is -0.830. The molecule has 2 amide bonds.